The van der Waals surface area contributed by atoms with E-state index < -0.39 is 11.6 Å². The van der Waals surface area contributed by atoms with Gasteiger partial charge >= 0.3 is 0 Å². The molecule has 0 spiro atoms. The monoisotopic (exact) mass is 388 g/mol. The average Bonchev–Trinajstić information content (AvgIpc) is 2.64. The zero-order chi connectivity index (χ0) is 20.3. The van der Waals surface area contributed by atoms with Crippen LogP contribution in [0.2, 0.25) is 0 Å². The number of hydrogen-bond acceptors (Lipinski definition) is 4. The topological polar surface area (TPSA) is 72.1 Å². The Morgan fingerprint density at radius 3 is 2.46 bits per heavy atom. The maximum Gasteiger partial charge on any atom is 0.227 e. The van der Waals surface area contributed by atoms with E-state index in [4.69, 9.17) is 5.73 Å². The third-order valence-corrected chi connectivity index (χ3v) is 5.50. The Kier molecular flexibility index (Phi) is 6.21. The zero-order valence-electron chi connectivity index (χ0n) is 16.3. The van der Waals surface area contributed by atoms with Crippen molar-refractivity contribution in [3.8, 4) is 0 Å². The molecule has 0 bridgehead atoms. The molecule has 1 atom stereocenters. The number of aryl methyl sites for hydroxylation is 2. The maximum absolute atomic E-state index is 13.8. The number of piperidine rings is 1. The molecule has 1 fully saturated rings. The first-order chi connectivity index (χ1) is 13.3. The fourth-order valence-electron chi connectivity index (χ4n) is 3.93. The molecule has 0 aliphatic carbocycles. The number of nitrogen functional groups attached to an aromatic ring is 1. The summed E-state index contributed by atoms with van der Waals surface area (Å²) < 4.78 is 27.7. The quantitative estimate of drug-likeness (QED) is 0.852. The molecule has 3 rings (SSSR count). The number of carbonyl (C=O) groups excluding carboxylic acids is 1. The van der Waals surface area contributed by atoms with Crippen LogP contribution in [0.25, 0.3) is 0 Å². The lowest BCUT2D eigenvalue weighted by Gasteiger charge is -2.33. The van der Waals surface area contributed by atoms with Gasteiger partial charge in [0.2, 0.25) is 11.9 Å². The third kappa shape index (κ3) is 4.64. The summed E-state index contributed by atoms with van der Waals surface area (Å²) >= 11 is 0. The van der Waals surface area contributed by atoms with Gasteiger partial charge in [-0.15, -0.1) is 0 Å². The molecule has 7 heteroatoms. The fourth-order valence-corrected chi connectivity index (χ4v) is 3.93. The molecule has 1 aliphatic rings. The predicted molar refractivity (Wildman–Crippen MR) is 104 cm³/mol. The molecule has 1 aromatic heterocycles. The summed E-state index contributed by atoms with van der Waals surface area (Å²) in [4.78, 5) is 23.0. The van der Waals surface area contributed by atoms with Gasteiger partial charge in [-0.25, -0.2) is 18.7 Å². The van der Waals surface area contributed by atoms with Crippen LogP contribution in [0.1, 0.15) is 41.8 Å². The van der Waals surface area contributed by atoms with Crippen LogP contribution in [0, 0.1) is 31.4 Å². The summed E-state index contributed by atoms with van der Waals surface area (Å²) in [6.07, 6.45) is 3.10. The van der Waals surface area contributed by atoms with Gasteiger partial charge in [-0.3, -0.25) is 4.79 Å². The molecular weight excluding hydrogens is 362 g/mol. The highest BCUT2D eigenvalue weighted by molar-refractivity contribution is 5.79. The molecule has 0 unspecified atom stereocenters. The van der Waals surface area contributed by atoms with Gasteiger partial charge in [-0.05, 0) is 57.6 Å². The molecule has 150 valence electrons. The van der Waals surface area contributed by atoms with E-state index in [0.717, 1.165) is 29.8 Å². The van der Waals surface area contributed by atoms with Crippen molar-refractivity contribution in [3.63, 3.8) is 0 Å². The molecule has 1 saturated heterocycles. The summed E-state index contributed by atoms with van der Waals surface area (Å²) in [5, 5.41) is 0. The first kappa shape index (κ1) is 20.2. The summed E-state index contributed by atoms with van der Waals surface area (Å²) in [5.74, 6) is -0.524. The number of nitrogens with two attached hydrogens (primary N) is 1. The smallest absolute Gasteiger partial charge is 0.227 e. The van der Waals surface area contributed by atoms with Crippen LogP contribution in [-0.4, -0.2) is 33.9 Å². The normalized spacial score (nSPS) is 17.0. The Morgan fingerprint density at radius 1 is 1.18 bits per heavy atom. The lowest BCUT2D eigenvalue weighted by Crippen LogP contribution is -2.41. The largest absolute Gasteiger partial charge is 0.368 e. The Bertz CT molecular complexity index is 828. The van der Waals surface area contributed by atoms with Gasteiger partial charge in [0.05, 0.1) is 6.42 Å². The van der Waals surface area contributed by atoms with E-state index in [1.165, 1.54) is 18.2 Å². The van der Waals surface area contributed by atoms with E-state index in [-0.39, 0.29) is 29.8 Å². The Morgan fingerprint density at radius 2 is 1.82 bits per heavy atom. The SMILES string of the molecule is Cc1nc(N)nc(C)c1CC(=O)N1CCC[C@H](CCc2c(F)cccc2F)C1. The molecule has 2 aromatic rings. The summed E-state index contributed by atoms with van der Waals surface area (Å²) in [5.41, 5.74) is 8.05. The lowest BCUT2D eigenvalue weighted by atomic mass is 9.91. The van der Waals surface area contributed by atoms with Gasteiger partial charge in [-0.2, -0.15) is 0 Å². The predicted octanol–water partition coefficient (Wildman–Crippen LogP) is 3.37. The molecule has 1 amide bonds. The van der Waals surface area contributed by atoms with Crippen LogP contribution in [-0.2, 0) is 17.6 Å². The molecule has 0 saturated carbocycles. The highest BCUT2D eigenvalue weighted by Crippen LogP contribution is 2.24. The second kappa shape index (κ2) is 8.63. The molecule has 1 aromatic carbocycles. The molecule has 2 heterocycles. The highest BCUT2D eigenvalue weighted by Gasteiger charge is 2.25. The minimum atomic E-state index is -0.502. The van der Waals surface area contributed by atoms with Crippen LogP contribution >= 0.6 is 0 Å². The van der Waals surface area contributed by atoms with Crippen molar-refractivity contribution < 1.29 is 13.6 Å². The van der Waals surface area contributed by atoms with Gasteiger partial charge in [0.15, 0.2) is 0 Å². The number of rotatable bonds is 5. The van der Waals surface area contributed by atoms with Crippen LogP contribution < -0.4 is 5.73 Å². The molecular formula is C21H26F2N4O. The number of halogens is 2. The average molecular weight is 388 g/mol. The number of benzene rings is 1. The molecule has 1 aliphatic heterocycles. The van der Waals surface area contributed by atoms with E-state index in [2.05, 4.69) is 9.97 Å². The zero-order valence-corrected chi connectivity index (χ0v) is 16.3. The number of carbonyl (C=O) groups is 1. The number of anilines is 1. The summed E-state index contributed by atoms with van der Waals surface area (Å²) in [6.45, 7) is 4.98. The Labute approximate surface area is 164 Å². The number of aromatic nitrogens is 2. The minimum Gasteiger partial charge on any atom is -0.368 e. The van der Waals surface area contributed by atoms with Crippen molar-refractivity contribution in [3.05, 3.63) is 52.3 Å². The van der Waals surface area contributed by atoms with Gasteiger partial charge in [0, 0.05) is 35.6 Å². The van der Waals surface area contributed by atoms with Gasteiger partial charge in [0.1, 0.15) is 11.6 Å². The van der Waals surface area contributed by atoms with E-state index in [9.17, 15) is 13.6 Å². The van der Waals surface area contributed by atoms with Crippen molar-refractivity contribution in [1.82, 2.24) is 14.9 Å². The van der Waals surface area contributed by atoms with Crippen LogP contribution in [0.15, 0.2) is 18.2 Å². The molecule has 28 heavy (non-hydrogen) atoms. The highest BCUT2D eigenvalue weighted by atomic mass is 19.1. The van der Waals surface area contributed by atoms with Crippen molar-refractivity contribution in [2.75, 3.05) is 18.8 Å². The summed E-state index contributed by atoms with van der Waals surface area (Å²) in [7, 11) is 0. The number of hydrogen-bond donors (Lipinski definition) is 1. The van der Waals surface area contributed by atoms with Crippen molar-refractivity contribution in [2.24, 2.45) is 5.92 Å². The number of amides is 1. The first-order valence-electron chi connectivity index (χ1n) is 9.65. The maximum atomic E-state index is 13.8. The van der Waals surface area contributed by atoms with E-state index in [1.807, 2.05) is 18.7 Å². The van der Waals surface area contributed by atoms with E-state index in [1.54, 1.807) is 0 Å². The van der Waals surface area contributed by atoms with E-state index in [0.29, 0.717) is 25.9 Å². The third-order valence-electron chi connectivity index (χ3n) is 5.50. The molecule has 5 nitrogen and oxygen atoms in total. The minimum absolute atomic E-state index is 0.0290. The first-order valence-corrected chi connectivity index (χ1v) is 9.65. The second-order valence-electron chi connectivity index (χ2n) is 7.49. The van der Waals surface area contributed by atoms with Gasteiger partial charge < -0.3 is 10.6 Å². The van der Waals surface area contributed by atoms with Crippen LogP contribution in [0.5, 0.6) is 0 Å². The standard InChI is InChI=1S/C21H26F2N4O/c1-13-17(14(2)26-21(24)25-13)11-20(28)27-10-4-5-15(12-27)8-9-16-18(22)6-3-7-19(16)23/h3,6-7,15H,4-5,8-12H2,1-2H3,(H2,24,25,26)/t15-/m1/s1. The van der Waals surface area contributed by atoms with Gasteiger partial charge in [0.25, 0.3) is 0 Å². The van der Waals surface area contributed by atoms with Crippen LogP contribution in [0.3, 0.4) is 0 Å². The lowest BCUT2D eigenvalue weighted by molar-refractivity contribution is -0.132. The van der Waals surface area contributed by atoms with E-state index >= 15 is 0 Å². The molecule has 2 N–H and O–H groups in total. The number of nitrogens with zero attached hydrogens (tertiary/aromatic N) is 3. The summed E-state index contributed by atoms with van der Waals surface area (Å²) in [6, 6.07) is 3.95. The Hall–Kier alpha value is -2.57. The molecule has 0 radical (unpaired) electrons. The van der Waals surface area contributed by atoms with Crippen molar-refractivity contribution in [2.45, 2.75) is 46.0 Å². The van der Waals surface area contributed by atoms with Crippen molar-refractivity contribution in [1.29, 1.82) is 0 Å². The Balaban J connectivity index is 1.61. The number of likely N-dealkylation sites (tertiary alicyclic amines) is 1. The van der Waals surface area contributed by atoms with Gasteiger partial charge in [-0.1, -0.05) is 6.07 Å². The second-order valence-corrected chi connectivity index (χ2v) is 7.49. The fraction of sp³-hybridized carbons (Fsp3) is 0.476. The van der Waals surface area contributed by atoms with Crippen LogP contribution in [0.4, 0.5) is 14.7 Å². The van der Waals surface area contributed by atoms with Crippen molar-refractivity contribution >= 4 is 11.9 Å².